The summed E-state index contributed by atoms with van der Waals surface area (Å²) in [6.45, 7) is 0. The van der Waals surface area contributed by atoms with E-state index in [1.807, 2.05) is 79.1 Å². The quantitative estimate of drug-likeness (QED) is 0.394. The molecule has 0 N–H and O–H groups in total. The van der Waals surface area contributed by atoms with E-state index in [1.165, 1.54) is 5.57 Å². The molecule has 0 bridgehead atoms. The minimum atomic E-state index is 0.0757. The second kappa shape index (κ2) is 10.4. The third kappa shape index (κ3) is 6.40. The molecule has 0 saturated heterocycles. The molecule has 0 unspecified atom stereocenters. The Labute approximate surface area is 191 Å². The number of thiocarbonyl (C=S) groups is 2. The number of hydrogen-bond acceptors (Lipinski definition) is 5. The minimum absolute atomic E-state index is 0.0757. The van der Waals surface area contributed by atoms with Gasteiger partial charge in [0.05, 0.1) is 6.42 Å². The Morgan fingerprint density at radius 3 is 1.72 bits per heavy atom. The number of carbonyl (C=O) groups is 1. The number of allylic oxidation sites excluding steroid dienone is 2. The fraction of sp³-hybridized carbons (Fsp3) is 0.227. The van der Waals surface area contributed by atoms with Crippen molar-refractivity contribution in [2.45, 2.75) is 19.3 Å². The molecular formula is C22H22N2OS4. The Morgan fingerprint density at radius 1 is 0.828 bits per heavy atom. The van der Waals surface area contributed by atoms with Gasteiger partial charge in [0, 0.05) is 42.1 Å². The Balaban J connectivity index is 1.58. The third-order valence-corrected chi connectivity index (χ3v) is 7.46. The molecule has 0 radical (unpaired) electrons. The molecule has 0 aliphatic heterocycles. The summed E-state index contributed by atoms with van der Waals surface area (Å²) in [5.41, 5.74) is 3.29. The summed E-state index contributed by atoms with van der Waals surface area (Å²) in [5, 5.41) is 0.0757. The van der Waals surface area contributed by atoms with Crippen LogP contribution in [0.5, 0.6) is 0 Å². The second-order valence-electron chi connectivity index (χ2n) is 6.60. The third-order valence-electron chi connectivity index (χ3n) is 4.30. The summed E-state index contributed by atoms with van der Waals surface area (Å²) in [5.74, 6) is 0. The SMILES string of the molecule is CN(SC(=O)CC(SN(C)C(=S)c1ccccc1)=C1CC1)C(=S)c1ccccc1. The van der Waals surface area contributed by atoms with E-state index >= 15 is 0 Å². The van der Waals surface area contributed by atoms with Crippen molar-refractivity contribution in [3.63, 3.8) is 0 Å². The maximum atomic E-state index is 12.7. The Hall–Kier alpha value is -1.67. The molecule has 0 aromatic heterocycles. The highest BCUT2D eigenvalue weighted by Crippen LogP contribution is 2.40. The van der Waals surface area contributed by atoms with Crippen LogP contribution in [-0.2, 0) is 4.79 Å². The van der Waals surface area contributed by atoms with Crippen LogP contribution < -0.4 is 0 Å². The molecule has 150 valence electrons. The van der Waals surface area contributed by atoms with Crippen molar-refractivity contribution in [2.24, 2.45) is 0 Å². The van der Waals surface area contributed by atoms with Gasteiger partial charge in [0.1, 0.15) is 9.98 Å². The van der Waals surface area contributed by atoms with E-state index in [0.29, 0.717) is 11.4 Å². The van der Waals surface area contributed by atoms with Gasteiger partial charge in [0.25, 0.3) is 0 Å². The Kier molecular flexibility index (Phi) is 7.89. The summed E-state index contributed by atoms with van der Waals surface area (Å²) >= 11 is 13.8. The maximum absolute atomic E-state index is 12.7. The lowest BCUT2D eigenvalue weighted by Gasteiger charge is -2.21. The summed E-state index contributed by atoms with van der Waals surface area (Å²) in [6.07, 6.45) is 2.50. The lowest BCUT2D eigenvalue weighted by Crippen LogP contribution is -2.21. The number of nitrogens with zero attached hydrogens (tertiary/aromatic N) is 2. The molecule has 2 aromatic carbocycles. The number of benzene rings is 2. The largest absolute Gasteiger partial charge is 0.306 e. The monoisotopic (exact) mass is 458 g/mol. The lowest BCUT2D eigenvalue weighted by molar-refractivity contribution is -0.110. The second-order valence-corrected chi connectivity index (χ2v) is 9.78. The first kappa shape index (κ1) is 22.0. The van der Waals surface area contributed by atoms with Gasteiger partial charge in [-0.05, 0) is 24.8 Å². The highest BCUT2D eigenvalue weighted by atomic mass is 32.2. The molecule has 1 aliphatic rings. The number of carbonyl (C=O) groups excluding carboxylic acids is 1. The van der Waals surface area contributed by atoms with Crippen molar-refractivity contribution >= 4 is 63.4 Å². The van der Waals surface area contributed by atoms with Crippen molar-refractivity contribution in [3.8, 4) is 0 Å². The molecule has 3 rings (SSSR count). The highest BCUT2D eigenvalue weighted by Gasteiger charge is 2.24. The first-order chi connectivity index (χ1) is 14.0. The molecular weight excluding hydrogens is 437 g/mol. The first-order valence-electron chi connectivity index (χ1n) is 9.21. The van der Waals surface area contributed by atoms with Crippen molar-refractivity contribution < 1.29 is 4.79 Å². The average molecular weight is 459 g/mol. The van der Waals surface area contributed by atoms with Crippen molar-refractivity contribution in [1.82, 2.24) is 8.61 Å². The van der Waals surface area contributed by atoms with E-state index in [4.69, 9.17) is 24.4 Å². The van der Waals surface area contributed by atoms with E-state index in [-0.39, 0.29) is 5.12 Å². The number of hydrogen-bond donors (Lipinski definition) is 0. The predicted octanol–water partition coefficient (Wildman–Crippen LogP) is 5.86. The molecule has 29 heavy (non-hydrogen) atoms. The highest BCUT2D eigenvalue weighted by molar-refractivity contribution is 8.12. The zero-order valence-electron chi connectivity index (χ0n) is 16.3. The Bertz CT molecular complexity index is 922. The van der Waals surface area contributed by atoms with Crippen molar-refractivity contribution in [1.29, 1.82) is 0 Å². The van der Waals surface area contributed by atoms with Gasteiger partial charge in [-0.25, -0.2) is 0 Å². The normalized spacial score (nSPS) is 12.3. The maximum Gasteiger partial charge on any atom is 0.214 e. The first-order valence-corrected chi connectivity index (χ1v) is 11.6. The van der Waals surface area contributed by atoms with Gasteiger partial charge in [0.2, 0.25) is 5.12 Å². The van der Waals surface area contributed by atoms with Gasteiger partial charge < -0.3 is 8.61 Å². The smallest absolute Gasteiger partial charge is 0.214 e. The lowest BCUT2D eigenvalue weighted by atomic mass is 10.2. The fourth-order valence-electron chi connectivity index (χ4n) is 2.65. The van der Waals surface area contributed by atoms with Crippen LogP contribution in [0.25, 0.3) is 0 Å². The van der Waals surface area contributed by atoms with Crippen LogP contribution in [0.4, 0.5) is 0 Å². The van der Waals surface area contributed by atoms with E-state index in [0.717, 1.165) is 45.8 Å². The van der Waals surface area contributed by atoms with Crippen LogP contribution in [0, 0.1) is 0 Å². The van der Waals surface area contributed by atoms with Gasteiger partial charge in [-0.1, -0.05) is 90.7 Å². The molecule has 0 spiro atoms. The molecule has 1 aliphatic carbocycles. The van der Waals surface area contributed by atoms with Crippen LogP contribution in [0.1, 0.15) is 30.4 Å². The molecule has 2 aromatic rings. The molecule has 7 heteroatoms. The van der Waals surface area contributed by atoms with Crippen LogP contribution in [0.2, 0.25) is 0 Å². The molecule has 0 atom stereocenters. The van der Waals surface area contributed by atoms with E-state index in [2.05, 4.69) is 0 Å². The zero-order chi connectivity index (χ0) is 20.8. The molecule has 3 nitrogen and oxygen atoms in total. The van der Waals surface area contributed by atoms with Crippen LogP contribution in [0.15, 0.2) is 71.1 Å². The minimum Gasteiger partial charge on any atom is -0.306 e. The van der Waals surface area contributed by atoms with E-state index in [9.17, 15) is 4.79 Å². The average Bonchev–Trinajstić information content (AvgIpc) is 3.58. The topological polar surface area (TPSA) is 23.6 Å². The van der Waals surface area contributed by atoms with Crippen LogP contribution in [0.3, 0.4) is 0 Å². The zero-order valence-corrected chi connectivity index (χ0v) is 19.6. The van der Waals surface area contributed by atoms with Gasteiger partial charge in [-0.2, -0.15) is 0 Å². The summed E-state index contributed by atoms with van der Waals surface area (Å²) in [4.78, 5) is 15.2. The van der Waals surface area contributed by atoms with Crippen LogP contribution in [-0.4, -0.2) is 37.8 Å². The van der Waals surface area contributed by atoms with E-state index < -0.39 is 0 Å². The van der Waals surface area contributed by atoms with Crippen molar-refractivity contribution in [3.05, 3.63) is 82.3 Å². The molecule has 1 fully saturated rings. The van der Waals surface area contributed by atoms with Crippen molar-refractivity contribution in [2.75, 3.05) is 14.1 Å². The summed E-state index contributed by atoms with van der Waals surface area (Å²) < 4.78 is 3.74. The molecule has 0 heterocycles. The van der Waals surface area contributed by atoms with Gasteiger partial charge in [0.15, 0.2) is 0 Å². The summed E-state index contributed by atoms with van der Waals surface area (Å²) in [6, 6.07) is 19.7. The molecule has 0 amide bonds. The number of rotatable bonds is 6. The Morgan fingerprint density at radius 2 is 1.28 bits per heavy atom. The van der Waals surface area contributed by atoms with Gasteiger partial charge in [-0.3, -0.25) is 4.79 Å². The van der Waals surface area contributed by atoms with Crippen LogP contribution >= 0.6 is 48.3 Å². The summed E-state index contributed by atoms with van der Waals surface area (Å²) in [7, 11) is 3.79. The van der Waals surface area contributed by atoms with Gasteiger partial charge >= 0.3 is 0 Å². The predicted molar refractivity (Wildman–Crippen MR) is 133 cm³/mol. The van der Waals surface area contributed by atoms with E-state index in [1.54, 1.807) is 16.3 Å². The fourth-order valence-corrected chi connectivity index (χ4v) is 4.99. The van der Waals surface area contributed by atoms with Gasteiger partial charge in [-0.15, -0.1) is 0 Å². The standard InChI is InChI=1S/C22H22N2OS4/c1-23(21(26)17-9-5-3-6-10-17)28-19(16-13-14-16)15-20(25)29-24(2)22(27)18-11-7-4-8-12-18/h3-12H,13-15H2,1-2H3. The molecule has 1 saturated carbocycles.